The molecule has 2 aromatic rings. The Balaban J connectivity index is 1.59. The van der Waals surface area contributed by atoms with Gasteiger partial charge in [-0.05, 0) is 46.1 Å². The Bertz CT molecular complexity index is 709. The number of amides is 1. The van der Waals surface area contributed by atoms with Gasteiger partial charge in [0, 0.05) is 12.2 Å². The summed E-state index contributed by atoms with van der Waals surface area (Å²) < 4.78 is 6.57. The van der Waals surface area contributed by atoms with Gasteiger partial charge in [-0.15, -0.1) is 0 Å². The molecule has 3 N–H and O–H groups in total. The third kappa shape index (κ3) is 4.35. The standard InChI is InChI=1S/C18H19BrN2O3/c19-15-8-13(21-18(23)16-9-14(22)10-20-16)6-7-17(15)24-11-12-4-2-1-3-5-12/h1-8,14,16,20,22H,9-11H2,(H,21,23). The molecular weight excluding hydrogens is 372 g/mol. The predicted molar refractivity (Wildman–Crippen MR) is 96.0 cm³/mol. The van der Waals surface area contributed by atoms with Crippen molar-refractivity contribution in [2.75, 3.05) is 11.9 Å². The molecular formula is C18H19BrN2O3. The number of nitrogens with one attached hydrogen (secondary N) is 2. The van der Waals surface area contributed by atoms with E-state index in [9.17, 15) is 9.90 Å². The van der Waals surface area contributed by atoms with Gasteiger partial charge in [-0.1, -0.05) is 30.3 Å². The van der Waals surface area contributed by atoms with Gasteiger partial charge in [0.2, 0.25) is 5.91 Å². The van der Waals surface area contributed by atoms with Gasteiger partial charge >= 0.3 is 0 Å². The maximum absolute atomic E-state index is 12.1. The zero-order valence-electron chi connectivity index (χ0n) is 13.0. The number of hydrogen-bond donors (Lipinski definition) is 3. The Morgan fingerprint density at radius 1 is 1.29 bits per heavy atom. The molecule has 1 heterocycles. The molecule has 1 fully saturated rings. The van der Waals surface area contributed by atoms with Crippen LogP contribution >= 0.6 is 15.9 Å². The smallest absolute Gasteiger partial charge is 0.241 e. The van der Waals surface area contributed by atoms with E-state index in [-0.39, 0.29) is 11.9 Å². The summed E-state index contributed by atoms with van der Waals surface area (Å²) in [5.74, 6) is 0.572. The number of anilines is 1. The van der Waals surface area contributed by atoms with Gasteiger partial charge < -0.3 is 20.5 Å². The van der Waals surface area contributed by atoms with Crippen LogP contribution in [0.15, 0.2) is 53.0 Å². The third-order valence-electron chi connectivity index (χ3n) is 3.86. The van der Waals surface area contributed by atoms with Crippen LogP contribution in [0.4, 0.5) is 5.69 Å². The van der Waals surface area contributed by atoms with Crippen molar-refractivity contribution in [2.24, 2.45) is 0 Å². The summed E-state index contributed by atoms with van der Waals surface area (Å²) in [6, 6.07) is 15.0. The maximum Gasteiger partial charge on any atom is 0.241 e. The molecule has 1 amide bonds. The van der Waals surface area contributed by atoms with E-state index >= 15 is 0 Å². The molecule has 6 heteroatoms. The highest BCUT2D eigenvalue weighted by molar-refractivity contribution is 9.10. The molecule has 24 heavy (non-hydrogen) atoms. The molecule has 0 spiro atoms. The van der Waals surface area contributed by atoms with Crippen LogP contribution in [0, 0.1) is 0 Å². The van der Waals surface area contributed by atoms with Crippen LogP contribution in [0.2, 0.25) is 0 Å². The van der Waals surface area contributed by atoms with Crippen molar-refractivity contribution in [3.05, 3.63) is 58.6 Å². The maximum atomic E-state index is 12.1. The van der Waals surface area contributed by atoms with Crippen LogP contribution < -0.4 is 15.4 Å². The minimum Gasteiger partial charge on any atom is -0.488 e. The fourth-order valence-corrected chi connectivity index (χ4v) is 3.07. The second kappa shape index (κ2) is 7.79. The lowest BCUT2D eigenvalue weighted by atomic mass is 10.2. The average Bonchev–Trinajstić information content (AvgIpc) is 3.02. The SMILES string of the molecule is O=C(Nc1ccc(OCc2ccccc2)c(Br)c1)C1CC(O)CN1. The number of aliphatic hydroxyl groups is 1. The lowest BCUT2D eigenvalue weighted by molar-refractivity contribution is -0.117. The average molecular weight is 391 g/mol. The Kier molecular flexibility index (Phi) is 5.50. The first-order valence-electron chi connectivity index (χ1n) is 7.80. The van der Waals surface area contributed by atoms with Crippen LogP contribution in [0.5, 0.6) is 5.75 Å². The zero-order chi connectivity index (χ0) is 16.9. The van der Waals surface area contributed by atoms with Crippen molar-refractivity contribution >= 4 is 27.5 Å². The molecule has 0 radical (unpaired) electrons. The van der Waals surface area contributed by atoms with E-state index in [0.29, 0.717) is 31.0 Å². The molecule has 5 nitrogen and oxygen atoms in total. The summed E-state index contributed by atoms with van der Waals surface area (Å²) in [6.07, 6.45) is -0.0214. The highest BCUT2D eigenvalue weighted by atomic mass is 79.9. The summed E-state index contributed by atoms with van der Waals surface area (Å²) >= 11 is 3.47. The van der Waals surface area contributed by atoms with Crippen molar-refractivity contribution in [3.8, 4) is 5.75 Å². The van der Waals surface area contributed by atoms with Gasteiger partial charge in [-0.2, -0.15) is 0 Å². The van der Waals surface area contributed by atoms with E-state index in [2.05, 4.69) is 26.6 Å². The van der Waals surface area contributed by atoms with E-state index in [1.807, 2.05) is 42.5 Å². The van der Waals surface area contributed by atoms with Crippen LogP contribution in [0.1, 0.15) is 12.0 Å². The van der Waals surface area contributed by atoms with Gasteiger partial charge in [0.1, 0.15) is 12.4 Å². The van der Waals surface area contributed by atoms with Crippen LogP contribution in [0.3, 0.4) is 0 Å². The zero-order valence-corrected chi connectivity index (χ0v) is 14.6. The predicted octanol–water partition coefficient (Wildman–Crippen LogP) is 2.69. The number of carbonyl (C=O) groups is 1. The number of halogens is 1. The number of hydrogen-bond acceptors (Lipinski definition) is 4. The largest absolute Gasteiger partial charge is 0.488 e. The number of ether oxygens (including phenoxy) is 1. The molecule has 0 aromatic heterocycles. The molecule has 2 atom stereocenters. The van der Waals surface area contributed by atoms with Crippen LogP contribution in [0.25, 0.3) is 0 Å². The quantitative estimate of drug-likeness (QED) is 0.733. The molecule has 0 saturated carbocycles. The molecule has 0 bridgehead atoms. The highest BCUT2D eigenvalue weighted by Gasteiger charge is 2.28. The van der Waals surface area contributed by atoms with Crippen LogP contribution in [-0.4, -0.2) is 29.7 Å². The van der Waals surface area contributed by atoms with E-state index < -0.39 is 6.10 Å². The summed E-state index contributed by atoms with van der Waals surface area (Å²) in [5.41, 5.74) is 1.77. The monoisotopic (exact) mass is 390 g/mol. The van der Waals surface area contributed by atoms with E-state index in [0.717, 1.165) is 10.0 Å². The van der Waals surface area contributed by atoms with Crippen molar-refractivity contribution < 1.29 is 14.6 Å². The van der Waals surface area contributed by atoms with Crippen molar-refractivity contribution in [3.63, 3.8) is 0 Å². The minimum atomic E-state index is -0.457. The highest BCUT2D eigenvalue weighted by Crippen LogP contribution is 2.29. The summed E-state index contributed by atoms with van der Waals surface area (Å²) in [6.45, 7) is 0.934. The molecule has 3 rings (SSSR count). The molecule has 126 valence electrons. The van der Waals surface area contributed by atoms with Gasteiger partial charge in [0.15, 0.2) is 0 Å². The number of rotatable bonds is 5. The lowest BCUT2D eigenvalue weighted by Gasteiger charge is -2.13. The van der Waals surface area contributed by atoms with Crippen molar-refractivity contribution in [1.29, 1.82) is 0 Å². The Morgan fingerprint density at radius 3 is 2.75 bits per heavy atom. The Morgan fingerprint density at radius 2 is 2.08 bits per heavy atom. The second-order valence-electron chi connectivity index (χ2n) is 5.76. The number of β-amino-alcohol motifs (C(OH)–C–C–N with tert-alkyl or cyclic N) is 1. The fraction of sp³-hybridized carbons (Fsp3) is 0.278. The van der Waals surface area contributed by atoms with Gasteiger partial charge in [-0.25, -0.2) is 0 Å². The van der Waals surface area contributed by atoms with Gasteiger partial charge in [0.05, 0.1) is 16.6 Å². The molecule has 2 aromatic carbocycles. The number of carbonyl (C=O) groups excluding carboxylic acids is 1. The second-order valence-corrected chi connectivity index (χ2v) is 6.61. The summed E-state index contributed by atoms with van der Waals surface area (Å²) in [5, 5.41) is 15.3. The molecule has 2 unspecified atom stereocenters. The fourth-order valence-electron chi connectivity index (χ4n) is 2.58. The molecule has 1 aliphatic rings. The third-order valence-corrected chi connectivity index (χ3v) is 4.48. The topological polar surface area (TPSA) is 70.6 Å². The first-order chi connectivity index (χ1) is 11.6. The molecule has 1 saturated heterocycles. The van der Waals surface area contributed by atoms with Crippen LogP contribution in [-0.2, 0) is 11.4 Å². The summed E-state index contributed by atoms with van der Waals surface area (Å²) in [4.78, 5) is 12.1. The van der Waals surface area contributed by atoms with Gasteiger partial charge in [-0.3, -0.25) is 4.79 Å². The first kappa shape index (κ1) is 17.0. The van der Waals surface area contributed by atoms with Gasteiger partial charge in [0.25, 0.3) is 0 Å². The normalized spacial score (nSPS) is 19.9. The number of aliphatic hydroxyl groups excluding tert-OH is 1. The molecule has 0 aliphatic carbocycles. The Labute approximate surface area is 149 Å². The van der Waals surface area contributed by atoms with E-state index in [4.69, 9.17) is 4.74 Å². The van der Waals surface area contributed by atoms with Crippen molar-refractivity contribution in [2.45, 2.75) is 25.2 Å². The van der Waals surface area contributed by atoms with Crippen molar-refractivity contribution in [1.82, 2.24) is 5.32 Å². The van der Waals surface area contributed by atoms with E-state index in [1.165, 1.54) is 0 Å². The Hall–Kier alpha value is -1.89. The lowest BCUT2D eigenvalue weighted by Crippen LogP contribution is -2.35. The summed E-state index contributed by atoms with van der Waals surface area (Å²) in [7, 11) is 0. The molecule has 1 aliphatic heterocycles. The first-order valence-corrected chi connectivity index (χ1v) is 8.60. The number of benzene rings is 2. The van der Waals surface area contributed by atoms with E-state index in [1.54, 1.807) is 6.07 Å². The minimum absolute atomic E-state index is 0.142.